The first-order valence-corrected chi connectivity index (χ1v) is 9.60. The van der Waals surface area contributed by atoms with Crippen LogP contribution in [0.15, 0.2) is 24.4 Å². The van der Waals surface area contributed by atoms with E-state index in [1.165, 1.54) is 36.6 Å². The maximum absolute atomic E-state index is 12.3. The zero-order valence-corrected chi connectivity index (χ0v) is 16.3. The number of nitrogens with one attached hydrogen (secondary N) is 1. The molecule has 0 spiro atoms. The van der Waals surface area contributed by atoms with Crippen LogP contribution in [0, 0.1) is 11.1 Å². The van der Waals surface area contributed by atoms with Crippen molar-refractivity contribution in [2.45, 2.75) is 26.2 Å². The number of hydrogen-bond donors (Lipinski definition) is 1. The van der Waals surface area contributed by atoms with Gasteiger partial charge in [-0.3, -0.25) is 4.79 Å². The van der Waals surface area contributed by atoms with Crippen molar-refractivity contribution in [1.29, 1.82) is 0 Å². The molecule has 1 atom stereocenters. The van der Waals surface area contributed by atoms with Gasteiger partial charge in [0.15, 0.2) is 12.8 Å². The van der Waals surface area contributed by atoms with E-state index >= 15 is 0 Å². The van der Waals surface area contributed by atoms with Crippen LogP contribution in [0.25, 0.3) is 0 Å². The lowest BCUT2D eigenvalue weighted by atomic mass is 9.88. The summed E-state index contributed by atoms with van der Waals surface area (Å²) in [6.45, 7) is 1.57. The average molecular weight is 404 g/mol. The Morgan fingerprint density at radius 2 is 2.11 bits per heavy atom. The van der Waals surface area contributed by atoms with E-state index in [0.717, 1.165) is 35.9 Å². The summed E-state index contributed by atoms with van der Waals surface area (Å²) in [6, 6.07) is 4.30. The largest absolute Gasteiger partial charge is 0.618 e. The lowest BCUT2D eigenvalue weighted by Crippen LogP contribution is -2.35. The fourth-order valence-corrected chi connectivity index (χ4v) is 4.53. The quantitative estimate of drug-likeness (QED) is 0.464. The van der Waals surface area contributed by atoms with Crippen molar-refractivity contribution < 1.29 is 28.6 Å². The SMILES string of the molecule is COC(=O)c1c(NC(=O)COC(=O)c2cccc[n+]2[O-])sc2c1CC[C@H](C)C2. The van der Waals surface area contributed by atoms with Crippen LogP contribution in [0.2, 0.25) is 0 Å². The van der Waals surface area contributed by atoms with Gasteiger partial charge >= 0.3 is 17.6 Å². The molecule has 3 rings (SSSR count). The van der Waals surface area contributed by atoms with Crippen LogP contribution < -0.4 is 10.0 Å². The molecule has 9 heteroatoms. The first-order chi connectivity index (χ1) is 13.4. The Kier molecular flexibility index (Phi) is 5.93. The third kappa shape index (κ3) is 4.14. The van der Waals surface area contributed by atoms with Crippen LogP contribution in [0.1, 0.15) is 44.6 Å². The van der Waals surface area contributed by atoms with Crippen molar-refractivity contribution >= 4 is 34.2 Å². The highest BCUT2D eigenvalue weighted by atomic mass is 32.1. The van der Waals surface area contributed by atoms with Crippen molar-refractivity contribution in [1.82, 2.24) is 0 Å². The number of methoxy groups -OCH3 is 1. The Morgan fingerprint density at radius 3 is 2.82 bits per heavy atom. The van der Waals surface area contributed by atoms with Gasteiger partial charge in [0.1, 0.15) is 5.00 Å². The van der Waals surface area contributed by atoms with Crippen molar-refractivity contribution in [2.75, 3.05) is 19.0 Å². The zero-order chi connectivity index (χ0) is 20.3. The summed E-state index contributed by atoms with van der Waals surface area (Å²) in [6.07, 6.45) is 3.72. The third-order valence-corrected chi connectivity index (χ3v) is 5.69. The van der Waals surface area contributed by atoms with Gasteiger partial charge in [0, 0.05) is 17.0 Å². The minimum absolute atomic E-state index is 0.217. The second-order valence-electron chi connectivity index (χ2n) is 6.58. The van der Waals surface area contributed by atoms with Gasteiger partial charge in [-0.25, -0.2) is 9.59 Å². The molecular formula is C19H20N2O6S. The van der Waals surface area contributed by atoms with Gasteiger partial charge in [-0.2, -0.15) is 4.73 Å². The number of pyridine rings is 1. The molecule has 0 aromatic carbocycles. The highest BCUT2D eigenvalue weighted by molar-refractivity contribution is 7.17. The molecular weight excluding hydrogens is 384 g/mol. The number of fused-ring (bicyclic) bond motifs is 1. The Hall–Kier alpha value is -2.94. The number of rotatable bonds is 5. The monoisotopic (exact) mass is 404 g/mol. The summed E-state index contributed by atoms with van der Waals surface area (Å²) in [5, 5.41) is 14.6. The molecule has 0 saturated carbocycles. The summed E-state index contributed by atoms with van der Waals surface area (Å²) in [7, 11) is 1.29. The lowest BCUT2D eigenvalue weighted by Gasteiger charge is -2.18. The Bertz CT molecular complexity index is 923. The lowest BCUT2D eigenvalue weighted by molar-refractivity contribution is -0.608. The first kappa shape index (κ1) is 19.8. The minimum Gasteiger partial charge on any atom is -0.618 e. The second kappa shape index (κ2) is 8.39. The van der Waals surface area contributed by atoms with E-state index in [0.29, 0.717) is 21.2 Å². The number of anilines is 1. The molecule has 1 N–H and O–H groups in total. The number of nitrogens with zero attached hydrogens (tertiary/aromatic N) is 1. The van der Waals surface area contributed by atoms with Gasteiger partial charge < -0.3 is 20.0 Å². The number of amides is 1. The van der Waals surface area contributed by atoms with Crippen LogP contribution in [0.3, 0.4) is 0 Å². The number of thiophene rings is 1. The van der Waals surface area contributed by atoms with E-state index in [4.69, 9.17) is 9.47 Å². The van der Waals surface area contributed by atoms with E-state index in [1.54, 1.807) is 0 Å². The first-order valence-electron chi connectivity index (χ1n) is 8.78. The van der Waals surface area contributed by atoms with Crippen LogP contribution >= 0.6 is 11.3 Å². The van der Waals surface area contributed by atoms with Crippen molar-refractivity contribution in [3.8, 4) is 0 Å². The fraction of sp³-hybridized carbons (Fsp3) is 0.368. The topological polar surface area (TPSA) is 109 Å². The minimum atomic E-state index is -0.904. The molecule has 8 nitrogen and oxygen atoms in total. The van der Waals surface area contributed by atoms with Crippen LogP contribution in [-0.2, 0) is 27.1 Å². The maximum atomic E-state index is 12.3. The molecule has 0 bridgehead atoms. The standard InChI is InChI=1S/C19H20N2O6S/c1-11-6-7-12-14(9-11)28-17(16(12)19(24)26-2)20-15(22)10-27-18(23)13-5-3-4-8-21(13)25/h3-5,8,11H,6-7,9-10H2,1-2H3,(H,20,22)/t11-/m0/s1. The smallest absolute Gasteiger partial charge is 0.405 e. The summed E-state index contributed by atoms with van der Waals surface area (Å²) < 4.78 is 10.1. The predicted octanol–water partition coefficient (Wildman–Crippen LogP) is 2.09. The van der Waals surface area contributed by atoms with Crippen LogP contribution in [0.4, 0.5) is 5.00 Å². The van der Waals surface area contributed by atoms with Crippen molar-refractivity contribution in [3.63, 3.8) is 0 Å². The fourth-order valence-electron chi connectivity index (χ4n) is 3.11. The van der Waals surface area contributed by atoms with E-state index in [1.807, 2.05) is 0 Å². The number of hydrogen-bond acceptors (Lipinski definition) is 7. The third-order valence-electron chi connectivity index (χ3n) is 4.52. The number of esters is 2. The maximum Gasteiger partial charge on any atom is 0.405 e. The molecule has 2 aromatic rings. The molecule has 2 heterocycles. The summed E-state index contributed by atoms with van der Waals surface area (Å²) in [4.78, 5) is 37.5. The summed E-state index contributed by atoms with van der Waals surface area (Å²) >= 11 is 1.34. The van der Waals surface area contributed by atoms with Gasteiger partial charge in [0.05, 0.1) is 12.7 Å². The predicted molar refractivity (Wildman–Crippen MR) is 101 cm³/mol. The van der Waals surface area contributed by atoms with Gasteiger partial charge in [-0.15, -0.1) is 11.3 Å². The van der Waals surface area contributed by atoms with E-state index in [-0.39, 0.29) is 5.69 Å². The molecule has 1 aliphatic rings. The summed E-state index contributed by atoms with van der Waals surface area (Å²) in [5.41, 5.74) is 1.07. The molecule has 1 amide bonds. The van der Waals surface area contributed by atoms with Gasteiger partial charge in [-0.1, -0.05) is 6.92 Å². The summed E-state index contributed by atoms with van der Waals surface area (Å²) in [5.74, 6) is -1.50. The van der Waals surface area contributed by atoms with E-state index < -0.39 is 24.5 Å². The second-order valence-corrected chi connectivity index (χ2v) is 7.69. The molecule has 148 valence electrons. The normalized spacial score (nSPS) is 15.4. The molecule has 0 unspecified atom stereocenters. The molecule has 0 aliphatic heterocycles. The molecule has 0 saturated heterocycles. The number of carbonyl (C=O) groups is 3. The molecule has 28 heavy (non-hydrogen) atoms. The zero-order valence-electron chi connectivity index (χ0n) is 15.5. The highest BCUT2D eigenvalue weighted by Crippen LogP contribution is 2.39. The Labute approximate surface area is 165 Å². The average Bonchev–Trinajstić information content (AvgIpc) is 3.02. The van der Waals surface area contributed by atoms with Gasteiger partial charge in [0.2, 0.25) is 0 Å². The van der Waals surface area contributed by atoms with E-state index in [9.17, 15) is 19.6 Å². The molecule has 0 radical (unpaired) electrons. The van der Waals surface area contributed by atoms with Crippen molar-refractivity contribution in [2.24, 2.45) is 5.92 Å². The van der Waals surface area contributed by atoms with E-state index in [2.05, 4.69) is 12.2 Å². The Morgan fingerprint density at radius 1 is 1.32 bits per heavy atom. The molecule has 0 fully saturated rings. The van der Waals surface area contributed by atoms with Gasteiger partial charge in [0.25, 0.3) is 5.91 Å². The Balaban J connectivity index is 1.71. The molecule has 1 aliphatic carbocycles. The molecule has 2 aromatic heterocycles. The van der Waals surface area contributed by atoms with Crippen LogP contribution in [0.5, 0.6) is 0 Å². The number of aromatic nitrogens is 1. The number of ether oxygens (including phenoxy) is 2. The van der Waals surface area contributed by atoms with Crippen molar-refractivity contribution in [3.05, 3.63) is 51.3 Å². The number of carbonyl (C=O) groups excluding carboxylic acids is 3. The van der Waals surface area contributed by atoms with Gasteiger partial charge in [-0.05, 0) is 36.8 Å². The van der Waals surface area contributed by atoms with Crippen LogP contribution in [-0.4, -0.2) is 31.6 Å². The highest BCUT2D eigenvalue weighted by Gasteiger charge is 2.29.